The molecule has 0 spiro atoms. The van der Waals surface area contributed by atoms with Gasteiger partial charge in [0.25, 0.3) is 5.91 Å². The quantitative estimate of drug-likeness (QED) is 0.693. The highest BCUT2D eigenvalue weighted by molar-refractivity contribution is 7.14. The Kier molecular flexibility index (Phi) is 4.02. The van der Waals surface area contributed by atoms with Gasteiger partial charge in [-0.3, -0.25) is 4.79 Å². The minimum atomic E-state index is -0.801. The van der Waals surface area contributed by atoms with E-state index in [0.29, 0.717) is 11.8 Å². The van der Waals surface area contributed by atoms with Crippen LogP contribution in [0.1, 0.15) is 93.7 Å². The van der Waals surface area contributed by atoms with Gasteiger partial charge in [-0.1, -0.05) is 6.07 Å². The smallest absolute Gasteiger partial charge is 0.265 e. The molecule has 2 N–H and O–H groups in total. The number of thiophene rings is 1. The molecular weight excluding hydrogens is 378 g/mol. The molecule has 1 atom stereocenters. The van der Waals surface area contributed by atoms with Crippen molar-refractivity contribution in [2.45, 2.75) is 82.7 Å². The van der Waals surface area contributed by atoms with Gasteiger partial charge < -0.3 is 10.4 Å². The molecule has 1 aromatic heterocycles. The summed E-state index contributed by atoms with van der Waals surface area (Å²) in [5.41, 5.74) is 7.00. The summed E-state index contributed by atoms with van der Waals surface area (Å²) in [5.74, 6) is 0.863. The van der Waals surface area contributed by atoms with Crippen molar-refractivity contribution in [1.29, 1.82) is 0 Å². The molecule has 3 nitrogen and oxygen atoms in total. The van der Waals surface area contributed by atoms with Crippen molar-refractivity contribution >= 4 is 22.9 Å². The third-order valence-corrected chi connectivity index (χ3v) is 9.43. The summed E-state index contributed by atoms with van der Waals surface area (Å²) < 4.78 is 0. The number of anilines is 1. The van der Waals surface area contributed by atoms with Gasteiger partial charge in [-0.2, -0.15) is 0 Å². The predicted octanol–water partition coefficient (Wildman–Crippen LogP) is 5.47. The average Bonchev–Trinajstić information content (AvgIpc) is 3.45. The van der Waals surface area contributed by atoms with Crippen LogP contribution in [0.25, 0.3) is 0 Å². The Labute approximate surface area is 176 Å². The van der Waals surface area contributed by atoms with Crippen molar-refractivity contribution in [2.75, 3.05) is 5.32 Å². The fourth-order valence-corrected chi connectivity index (χ4v) is 7.83. The van der Waals surface area contributed by atoms with E-state index in [1.54, 1.807) is 11.3 Å². The summed E-state index contributed by atoms with van der Waals surface area (Å²) in [5, 5.41) is 14.7. The number of nitrogens with one attached hydrogen (secondary N) is 1. The molecule has 1 amide bonds. The molecule has 2 bridgehead atoms. The maximum Gasteiger partial charge on any atom is 0.265 e. The molecule has 0 saturated heterocycles. The summed E-state index contributed by atoms with van der Waals surface area (Å²) in [6.45, 7) is 1.97. The first-order valence-electron chi connectivity index (χ1n) is 11.4. The first-order chi connectivity index (χ1) is 14.0. The summed E-state index contributed by atoms with van der Waals surface area (Å²) in [6, 6.07) is 4.41. The summed E-state index contributed by atoms with van der Waals surface area (Å²) in [6.07, 6.45) is 11.3. The number of carbonyl (C=O) groups excluding carboxylic acids is 1. The Balaban J connectivity index is 1.37. The number of benzene rings is 1. The molecule has 1 aromatic carbocycles. The molecule has 5 aliphatic carbocycles. The van der Waals surface area contributed by atoms with Gasteiger partial charge in [-0.05, 0) is 117 Å². The second-order valence-corrected chi connectivity index (χ2v) is 10.9. The van der Waals surface area contributed by atoms with E-state index >= 15 is 0 Å². The lowest BCUT2D eigenvalue weighted by molar-refractivity contribution is -0.0158. The molecule has 1 fully saturated rings. The number of aliphatic hydroxyl groups is 1. The first-order valence-corrected chi connectivity index (χ1v) is 12.2. The maximum atomic E-state index is 13.4. The van der Waals surface area contributed by atoms with E-state index in [9.17, 15) is 9.90 Å². The standard InChI is InChI=1S/C25H29NO2S/c1-25(28)17-10-8-14(9-11-17)23-20(25)13-21(29-23)24(27)26-22-18-6-2-4-15(18)12-16-5-3-7-19(16)22/h12-14,17,28H,2-11H2,1H3,(H,26,27). The normalized spacial score (nSPS) is 29.3. The van der Waals surface area contributed by atoms with E-state index < -0.39 is 5.60 Å². The van der Waals surface area contributed by atoms with Gasteiger partial charge in [-0.15, -0.1) is 11.3 Å². The van der Waals surface area contributed by atoms with Crippen molar-refractivity contribution in [3.8, 4) is 0 Å². The van der Waals surface area contributed by atoms with Crippen molar-refractivity contribution in [3.05, 3.63) is 49.7 Å². The molecule has 5 aliphatic rings. The Morgan fingerprint density at radius 1 is 1.03 bits per heavy atom. The molecule has 0 aliphatic heterocycles. The summed E-state index contributed by atoms with van der Waals surface area (Å²) in [7, 11) is 0. The third kappa shape index (κ3) is 2.68. The van der Waals surface area contributed by atoms with Crippen LogP contribution in [0, 0.1) is 5.92 Å². The zero-order valence-corrected chi connectivity index (χ0v) is 18.0. The van der Waals surface area contributed by atoms with Crippen LogP contribution in [-0.2, 0) is 31.3 Å². The number of amides is 1. The molecule has 4 heteroatoms. The fraction of sp³-hybridized carbons (Fsp3) is 0.560. The highest BCUT2D eigenvalue weighted by atomic mass is 32.1. The number of aryl methyl sites for hydroxylation is 2. The van der Waals surface area contributed by atoms with Crippen LogP contribution in [0.4, 0.5) is 5.69 Å². The summed E-state index contributed by atoms with van der Waals surface area (Å²) >= 11 is 1.63. The van der Waals surface area contributed by atoms with Gasteiger partial charge in [0, 0.05) is 10.6 Å². The SMILES string of the molecule is CC1(O)c2cc(C(=O)Nc3c4c(cc5c3CCC5)CCC4)sc2C2CCC1CC2. The molecule has 0 radical (unpaired) electrons. The van der Waals surface area contributed by atoms with Crippen molar-refractivity contribution < 1.29 is 9.90 Å². The highest BCUT2D eigenvalue weighted by Crippen LogP contribution is 2.53. The van der Waals surface area contributed by atoms with Crippen LogP contribution in [-0.4, -0.2) is 11.0 Å². The van der Waals surface area contributed by atoms with Gasteiger partial charge in [0.2, 0.25) is 0 Å². The van der Waals surface area contributed by atoms with E-state index in [4.69, 9.17) is 0 Å². The van der Waals surface area contributed by atoms with Crippen LogP contribution in [0.3, 0.4) is 0 Å². The molecule has 1 heterocycles. The molecule has 1 saturated carbocycles. The Hall–Kier alpha value is -1.65. The maximum absolute atomic E-state index is 13.4. The van der Waals surface area contributed by atoms with Gasteiger partial charge in [0.15, 0.2) is 0 Å². The van der Waals surface area contributed by atoms with Crippen molar-refractivity contribution in [1.82, 2.24) is 0 Å². The van der Waals surface area contributed by atoms with Gasteiger partial charge in [0.1, 0.15) is 0 Å². The van der Waals surface area contributed by atoms with Gasteiger partial charge in [-0.25, -0.2) is 0 Å². The van der Waals surface area contributed by atoms with Crippen LogP contribution < -0.4 is 5.32 Å². The van der Waals surface area contributed by atoms with Crippen molar-refractivity contribution in [3.63, 3.8) is 0 Å². The van der Waals surface area contributed by atoms with E-state index in [1.165, 1.54) is 40.0 Å². The van der Waals surface area contributed by atoms with Gasteiger partial charge in [0.05, 0.1) is 10.5 Å². The third-order valence-electron chi connectivity index (χ3n) is 8.13. The summed E-state index contributed by atoms with van der Waals surface area (Å²) in [4.78, 5) is 15.4. The Bertz CT molecular complexity index is 978. The number of hydrogen-bond acceptors (Lipinski definition) is 3. The number of fused-ring (bicyclic) bond motifs is 4. The second kappa shape index (κ2) is 6.42. The molecule has 2 aromatic rings. The van der Waals surface area contributed by atoms with Crippen LogP contribution in [0.2, 0.25) is 0 Å². The van der Waals surface area contributed by atoms with Crippen LogP contribution in [0.15, 0.2) is 12.1 Å². The predicted molar refractivity (Wildman–Crippen MR) is 117 cm³/mol. The van der Waals surface area contributed by atoms with Gasteiger partial charge >= 0.3 is 0 Å². The number of rotatable bonds is 2. The first kappa shape index (κ1) is 18.1. The monoisotopic (exact) mass is 407 g/mol. The lowest BCUT2D eigenvalue weighted by Crippen LogP contribution is -2.31. The van der Waals surface area contributed by atoms with E-state index in [1.807, 2.05) is 13.0 Å². The zero-order valence-electron chi connectivity index (χ0n) is 17.1. The number of hydrogen-bond donors (Lipinski definition) is 2. The zero-order chi connectivity index (χ0) is 19.8. The molecule has 1 unspecified atom stereocenters. The lowest BCUT2D eigenvalue weighted by atomic mass is 9.77. The lowest BCUT2D eigenvalue weighted by Gasteiger charge is -2.32. The Morgan fingerprint density at radius 2 is 1.69 bits per heavy atom. The second-order valence-electron chi connectivity index (χ2n) is 9.77. The fourth-order valence-electron chi connectivity index (χ4n) is 6.50. The molecule has 152 valence electrons. The van der Waals surface area contributed by atoms with Crippen LogP contribution in [0.5, 0.6) is 0 Å². The largest absolute Gasteiger partial charge is 0.385 e. The van der Waals surface area contributed by atoms with Crippen LogP contribution >= 0.6 is 11.3 Å². The molecule has 29 heavy (non-hydrogen) atoms. The molecular formula is C25H29NO2S. The van der Waals surface area contributed by atoms with E-state index in [0.717, 1.165) is 67.5 Å². The minimum Gasteiger partial charge on any atom is -0.385 e. The molecule has 7 rings (SSSR count). The average molecular weight is 408 g/mol. The highest BCUT2D eigenvalue weighted by Gasteiger charge is 2.44. The van der Waals surface area contributed by atoms with E-state index in [-0.39, 0.29) is 5.91 Å². The van der Waals surface area contributed by atoms with E-state index in [2.05, 4.69) is 11.4 Å². The Morgan fingerprint density at radius 3 is 2.34 bits per heavy atom. The minimum absolute atomic E-state index is 0.0177. The number of carbonyl (C=O) groups is 1. The topological polar surface area (TPSA) is 49.3 Å². The van der Waals surface area contributed by atoms with Crippen molar-refractivity contribution in [2.24, 2.45) is 5.92 Å².